The minimum atomic E-state index is 0.761. The van der Waals surface area contributed by atoms with Gasteiger partial charge in [0.15, 0.2) is 0 Å². The molecule has 1 aromatic carbocycles. The second kappa shape index (κ2) is 6.35. The summed E-state index contributed by atoms with van der Waals surface area (Å²) in [6, 6.07) is 10.2. The first kappa shape index (κ1) is 12.0. The molecule has 0 saturated carbocycles. The first-order chi connectivity index (χ1) is 8.88. The van der Waals surface area contributed by atoms with Gasteiger partial charge in [-0.05, 0) is 23.3 Å². The predicted octanol–water partition coefficient (Wildman–Crippen LogP) is 2.70. The van der Waals surface area contributed by atoms with Gasteiger partial charge in [-0.15, -0.1) is 0 Å². The van der Waals surface area contributed by atoms with Crippen LogP contribution in [0, 0.1) is 0 Å². The van der Waals surface area contributed by atoms with Crippen LogP contribution in [0.2, 0.25) is 0 Å². The van der Waals surface area contributed by atoms with Gasteiger partial charge in [0.25, 0.3) is 0 Å². The molecule has 0 unspecified atom stereocenters. The van der Waals surface area contributed by atoms with Crippen molar-refractivity contribution in [2.75, 3.05) is 0 Å². The van der Waals surface area contributed by atoms with Crippen molar-refractivity contribution < 1.29 is 4.79 Å². The highest BCUT2D eigenvalue weighted by atomic mass is 16.1. The Bertz CT molecular complexity index is 536. The minimum absolute atomic E-state index is 0.761. The van der Waals surface area contributed by atoms with E-state index in [4.69, 9.17) is 0 Å². The highest BCUT2D eigenvalue weighted by Gasteiger charge is 1.94. The maximum absolute atomic E-state index is 10.1. The minimum Gasteiger partial charge on any atom is -0.299 e. The summed E-state index contributed by atoms with van der Waals surface area (Å²) in [5.74, 6) is 0. The molecule has 0 aliphatic rings. The monoisotopic (exact) mass is 238 g/mol. The Balaban J connectivity index is 1.99. The van der Waals surface area contributed by atoms with Crippen LogP contribution >= 0.6 is 0 Å². The van der Waals surface area contributed by atoms with E-state index >= 15 is 0 Å². The normalized spacial score (nSPS) is 11.3. The van der Waals surface area contributed by atoms with Crippen molar-refractivity contribution in [3.8, 4) is 0 Å². The average Bonchev–Trinajstić information content (AvgIpc) is 2.89. The van der Waals surface area contributed by atoms with Gasteiger partial charge in [-0.1, -0.05) is 42.5 Å². The number of benzene rings is 1. The van der Waals surface area contributed by atoms with E-state index in [9.17, 15) is 4.79 Å². The lowest BCUT2D eigenvalue weighted by Gasteiger charge is -2.02. The van der Waals surface area contributed by atoms with Crippen LogP contribution < -0.4 is 0 Å². The quantitative estimate of drug-likeness (QED) is 0.456. The average molecular weight is 238 g/mol. The van der Waals surface area contributed by atoms with E-state index in [0.717, 1.165) is 18.4 Å². The van der Waals surface area contributed by atoms with E-state index in [1.807, 2.05) is 41.2 Å². The molecule has 3 heteroatoms. The summed E-state index contributed by atoms with van der Waals surface area (Å²) >= 11 is 0. The fraction of sp³-hybridized carbons (Fsp3) is 0.0667. The topological polar surface area (TPSA) is 34.9 Å². The maximum atomic E-state index is 10.1. The first-order valence-corrected chi connectivity index (χ1v) is 5.73. The van der Waals surface area contributed by atoms with E-state index in [1.54, 1.807) is 12.3 Å². The summed E-state index contributed by atoms with van der Waals surface area (Å²) in [7, 11) is 0. The molecule has 1 heterocycles. The van der Waals surface area contributed by atoms with Gasteiger partial charge in [0.2, 0.25) is 0 Å². The Morgan fingerprint density at radius 3 is 2.61 bits per heavy atom. The van der Waals surface area contributed by atoms with Crippen molar-refractivity contribution in [2.45, 2.75) is 6.54 Å². The standard InChI is InChI=1S/C15H14N2O/c18-12-3-1-2-5-14-6-8-15(9-7-14)13-17-11-4-10-16-17/h1-12H,13H2/b3-1+,5-2+. The number of hydrogen-bond acceptors (Lipinski definition) is 2. The predicted molar refractivity (Wildman–Crippen MR) is 72.0 cm³/mol. The van der Waals surface area contributed by atoms with Gasteiger partial charge in [0, 0.05) is 12.4 Å². The lowest BCUT2D eigenvalue weighted by atomic mass is 10.1. The number of allylic oxidation sites excluding steroid dienone is 3. The van der Waals surface area contributed by atoms with Gasteiger partial charge >= 0.3 is 0 Å². The number of nitrogens with zero attached hydrogens (tertiary/aromatic N) is 2. The second-order valence-electron chi connectivity index (χ2n) is 3.83. The second-order valence-corrected chi connectivity index (χ2v) is 3.83. The Morgan fingerprint density at radius 2 is 1.94 bits per heavy atom. The summed E-state index contributed by atoms with van der Waals surface area (Å²) in [6.07, 6.45) is 11.5. The van der Waals surface area contributed by atoms with E-state index in [1.165, 1.54) is 11.6 Å². The highest BCUT2D eigenvalue weighted by molar-refractivity contribution is 5.66. The molecule has 0 atom stereocenters. The molecule has 2 rings (SSSR count). The molecule has 0 spiro atoms. The number of carbonyl (C=O) groups excluding carboxylic acids is 1. The van der Waals surface area contributed by atoms with Crippen molar-refractivity contribution >= 4 is 12.4 Å². The Morgan fingerprint density at radius 1 is 1.11 bits per heavy atom. The van der Waals surface area contributed by atoms with Crippen molar-refractivity contribution in [2.24, 2.45) is 0 Å². The molecule has 90 valence electrons. The van der Waals surface area contributed by atoms with Crippen molar-refractivity contribution in [3.05, 3.63) is 72.1 Å². The molecule has 0 bridgehead atoms. The molecule has 0 amide bonds. The van der Waals surface area contributed by atoms with Gasteiger partial charge in [-0.2, -0.15) is 5.10 Å². The molecule has 3 nitrogen and oxygen atoms in total. The fourth-order valence-electron chi connectivity index (χ4n) is 1.59. The van der Waals surface area contributed by atoms with Crippen LogP contribution in [0.15, 0.2) is 61.0 Å². The molecule has 0 radical (unpaired) electrons. The molecule has 1 aromatic heterocycles. The first-order valence-electron chi connectivity index (χ1n) is 5.73. The highest BCUT2D eigenvalue weighted by Crippen LogP contribution is 2.07. The number of carbonyl (C=O) groups is 1. The molecule has 0 N–H and O–H groups in total. The van der Waals surface area contributed by atoms with Crippen LogP contribution in [-0.4, -0.2) is 16.1 Å². The Labute approximate surface area is 106 Å². The van der Waals surface area contributed by atoms with E-state index in [2.05, 4.69) is 17.2 Å². The number of aromatic nitrogens is 2. The number of rotatable bonds is 5. The van der Waals surface area contributed by atoms with E-state index < -0.39 is 0 Å². The zero-order chi connectivity index (χ0) is 12.6. The smallest absolute Gasteiger partial charge is 0.142 e. The molecule has 0 saturated heterocycles. The van der Waals surface area contributed by atoms with Crippen LogP contribution in [0.25, 0.3) is 6.08 Å². The summed E-state index contributed by atoms with van der Waals surface area (Å²) in [4.78, 5) is 10.1. The Kier molecular flexibility index (Phi) is 4.25. The van der Waals surface area contributed by atoms with Crippen LogP contribution in [-0.2, 0) is 11.3 Å². The van der Waals surface area contributed by atoms with E-state index in [0.29, 0.717) is 0 Å². The van der Waals surface area contributed by atoms with Crippen molar-refractivity contribution in [1.82, 2.24) is 9.78 Å². The molecular weight excluding hydrogens is 224 g/mol. The largest absolute Gasteiger partial charge is 0.299 e. The van der Waals surface area contributed by atoms with Gasteiger partial charge in [-0.25, -0.2) is 0 Å². The van der Waals surface area contributed by atoms with Crippen molar-refractivity contribution in [1.29, 1.82) is 0 Å². The third kappa shape index (κ3) is 3.56. The van der Waals surface area contributed by atoms with Crippen LogP contribution in [0.4, 0.5) is 0 Å². The zero-order valence-corrected chi connectivity index (χ0v) is 9.94. The lowest BCUT2D eigenvalue weighted by molar-refractivity contribution is -0.104. The van der Waals surface area contributed by atoms with Crippen LogP contribution in [0.5, 0.6) is 0 Å². The lowest BCUT2D eigenvalue weighted by Crippen LogP contribution is -1.99. The summed E-state index contributed by atoms with van der Waals surface area (Å²) in [5.41, 5.74) is 2.31. The fourth-order valence-corrected chi connectivity index (χ4v) is 1.59. The van der Waals surface area contributed by atoms with Gasteiger partial charge in [-0.3, -0.25) is 9.48 Å². The zero-order valence-electron chi connectivity index (χ0n) is 9.94. The molecule has 0 fully saturated rings. The van der Waals surface area contributed by atoms with Gasteiger partial charge < -0.3 is 0 Å². The van der Waals surface area contributed by atoms with Gasteiger partial charge in [0.1, 0.15) is 6.29 Å². The SMILES string of the molecule is O=C/C=C/C=C/c1ccc(Cn2cccn2)cc1. The molecule has 2 aromatic rings. The Hall–Kier alpha value is -2.42. The molecule has 18 heavy (non-hydrogen) atoms. The van der Waals surface area contributed by atoms with Crippen LogP contribution in [0.3, 0.4) is 0 Å². The number of aldehydes is 1. The summed E-state index contributed by atoms with van der Waals surface area (Å²) < 4.78 is 1.89. The third-order valence-electron chi connectivity index (χ3n) is 2.47. The summed E-state index contributed by atoms with van der Waals surface area (Å²) in [5, 5.41) is 4.16. The van der Waals surface area contributed by atoms with Crippen LogP contribution in [0.1, 0.15) is 11.1 Å². The van der Waals surface area contributed by atoms with Crippen molar-refractivity contribution in [3.63, 3.8) is 0 Å². The summed E-state index contributed by atoms with van der Waals surface area (Å²) in [6.45, 7) is 0.780. The van der Waals surface area contributed by atoms with E-state index in [-0.39, 0.29) is 0 Å². The number of hydrogen-bond donors (Lipinski definition) is 0. The van der Waals surface area contributed by atoms with Gasteiger partial charge in [0.05, 0.1) is 6.54 Å². The maximum Gasteiger partial charge on any atom is 0.142 e. The third-order valence-corrected chi connectivity index (χ3v) is 2.47. The molecule has 0 aliphatic carbocycles. The molecular formula is C15H14N2O. The molecule has 0 aliphatic heterocycles.